The van der Waals surface area contributed by atoms with Gasteiger partial charge < -0.3 is 10.8 Å². The lowest BCUT2D eigenvalue weighted by Gasteiger charge is -2.32. The molecule has 0 amide bonds. The van der Waals surface area contributed by atoms with E-state index in [9.17, 15) is 4.79 Å². The van der Waals surface area contributed by atoms with Crippen molar-refractivity contribution in [1.82, 2.24) is 0 Å². The molecule has 1 unspecified atom stereocenters. The molecule has 3 nitrogen and oxygen atoms in total. The van der Waals surface area contributed by atoms with Gasteiger partial charge in [0.1, 0.15) is 6.04 Å². The maximum absolute atomic E-state index is 10.6. The third kappa shape index (κ3) is 3.12. The first-order valence-electron chi connectivity index (χ1n) is 5.02. The van der Waals surface area contributed by atoms with Crippen LogP contribution in [0.4, 0.5) is 0 Å². The Balaban J connectivity index is 2.45. The molecule has 0 aromatic carbocycles. The maximum atomic E-state index is 10.6. The van der Waals surface area contributed by atoms with E-state index in [-0.39, 0.29) is 0 Å². The zero-order valence-electron chi connectivity index (χ0n) is 8.25. The van der Waals surface area contributed by atoms with Gasteiger partial charge in [0.15, 0.2) is 0 Å². The largest absolute Gasteiger partial charge is 0.480 e. The van der Waals surface area contributed by atoms with Crippen LogP contribution in [0.25, 0.3) is 0 Å². The lowest BCUT2D eigenvalue weighted by molar-refractivity contribution is -0.138. The number of rotatable bonds is 3. The van der Waals surface area contributed by atoms with Crippen LogP contribution in [0.5, 0.6) is 0 Å². The minimum absolute atomic E-state index is 0.616. The number of carbonyl (C=O) groups is 1. The minimum Gasteiger partial charge on any atom is -0.480 e. The van der Waals surface area contributed by atoms with Gasteiger partial charge in [-0.05, 0) is 6.04 Å². The van der Waals surface area contributed by atoms with E-state index in [1.54, 1.807) is 0 Å². The molecule has 1 atom stereocenters. The van der Waals surface area contributed by atoms with Crippen molar-refractivity contribution in [3.63, 3.8) is 0 Å². The van der Waals surface area contributed by atoms with Crippen molar-refractivity contribution in [2.45, 2.75) is 50.0 Å². The molecule has 76 valence electrons. The predicted octanol–water partition coefficient (Wildman–Crippen LogP) is 1.66. The summed E-state index contributed by atoms with van der Waals surface area (Å²) in [5.41, 5.74) is 5.57. The molecule has 3 N–H and O–H groups in total. The summed E-state index contributed by atoms with van der Waals surface area (Å²) < 4.78 is 0. The predicted molar refractivity (Wildman–Crippen MR) is 55.5 cm³/mol. The van der Waals surface area contributed by atoms with Crippen molar-refractivity contribution in [1.29, 1.82) is 0 Å². The highest BCUT2D eigenvalue weighted by Gasteiger charge is 2.32. The van der Waals surface area contributed by atoms with Crippen molar-refractivity contribution in [2.75, 3.05) is 0 Å². The second kappa shape index (κ2) is 4.24. The van der Waals surface area contributed by atoms with Gasteiger partial charge in [-0.15, -0.1) is 0 Å². The molecule has 1 fully saturated rings. The Morgan fingerprint density at radius 1 is 1.46 bits per heavy atom. The summed E-state index contributed by atoms with van der Waals surface area (Å²) in [5, 5.41) is 8.72. The zero-order valence-corrected chi connectivity index (χ0v) is 9.25. The third-order valence-electron chi connectivity index (χ3n) is 3.09. The second-order valence-electron chi connectivity index (χ2n) is 4.52. The van der Waals surface area contributed by atoms with Gasteiger partial charge in [-0.1, -0.05) is 37.9 Å². The van der Waals surface area contributed by atoms with Crippen molar-refractivity contribution in [3.05, 3.63) is 0 Å². The molecule has 0 saturated carbocycles. The van der Waals surface area contributed by atoms with Crippen LogP contribution in [0.1, 0.15) is 19.3 Å². The first kappa shape index (κ1) is 10.7. The molecule has 1 aliphatic heterocycles. The summed E-state index contributed by atoms with van der Waals surface area (Å²) >= 11 is 0. The molecule has 0 radical (unpaired) electrons. The average molecular weight is 201 g/mol. The van der Waals surface area contributed by atoms with E-state index in [0.717, 1.165) is 6.04 Å². The summed E-state index contributed by atoms with van der Waals surface area (Å²) in [6, 6.07) is 2.69. The number of nitrogens with two attached hydrogens (primary N) is 1. The van der Waals surface area contributed by atoms with E-state index in [4.69, 9.17) is 10.8 Å². The van der Waals surface area contributed by atoms with Gasteiger partial charge in [0, 0.05) is 0 Å². The molecule has 4 heteroatoms. The fourth-order valence-electron chi connectivity index (χ4n) is 2.23. The van der Waals surface area contributed by atoms with Crippen LogP contribution in [0.2, 0.25) is 24.7 Å². The Morgan fingerprint density at radius 3 is 2.46 bits per heavy atom. The van der Waals surface area contributed by atoms with Gasteiger partial charge in [-0.3, -0.25) is 4.79 Å². The van der Waals surface area contributed by atoms with Crippen molar-refractivity contribution >= 4 is 14.0 Å². The molecule has 0 aromatic rings. The Bertz CT molecular complexity index is 190. The van der Waals surface area contributed by atoms with Crippen LogP contribution in [0.3, 0.4) is 0 Å². The monoisotopic (exact) mass is 201 g/mol. The molecule has 1 saturated heterocycles. The highest BCUT2D eigenvalue weighted by atomic mass is 28.3. The third-order valence-corrected chi connectivity index (χ3v) is 7.64. The Labute approximate surface area is 80.3 Å². The molecule has 0 bridgehead atoms. The van der Waals surface area contributed by atoms with E-state index in [1.165, 1.54) is 31.4 Å². The average Bonchev–Trinajstić information content (AvgIpc) is 2.04. The lowest BCUT2D eigenvalue weighted by Crippen LogP contribution is -2.42. The van der Waals surface area contributed by atoms with E-state index in [2.05, 4.69) is 6.55 Å². The standard InChI is InChI=1S/C9H19NO2Si/c1-13(5-3-2-4-6-13)7-8(10)9(11)12/h8H,2-7,10H2,1H3,(H,11,12). The van der Waals surface area contributed by atoms with Crippen LogP contribution in [0.15, 0.2) is 0 Å². The van der Waals surface area contributed by atoms with Gasteiger partial charge in [0.25, 0.3) is 0 Å². The quantitative estimate of drug-likeness (QED) is 0.683. The molecule has 0 spiro atoms. The Kier molecular flexibility index (Phi) is 3.50. The van der Waals surface area contributed by atoms with Gasteiger partial charge in [-0.25, -0.2) is 0 Å². The van der Waals surface area contributed by atoms with E-state index in [0.29, 0.717) is 0 Å². The van der Waals surface area contributed by atoms with Gasteiger partial charge in [0.05, 0.1) is 8.07 Å². The van der Waals surface area contributed by atoms with E-state index >= 15 is 0 Å². The molecule has 0 aromatic heterocycles. The van der Waals surface area contributed by atoms with Crippen LogP contribution in [0, 0.1) is 0 Å². The fraction of sp³-hybridized carbons (Fsp3) is 0.889. The van der Waals surface area contributed by atoms with Crippen molar-refractivity contribution in [3.8, 4) is 0 Å². The highest BCUT2D eigenvalue weighted by Crippen LogP contribution is 2.32. The SMILES string of the molecule is C[Si]1(CC(N)C(=O)O)CCCCC1. The van der Waals surface area contributed by atoms with Crippen LogP contribution in [-0.2, 0) is 4.79 Å². The lowest BCUT2D eigenvalue weighted by atomic mass is 10.3. The van der Waals surface area contributed by atoms with Gasteiger partial charge >= 0.3 is 5.97 Å². The molecular formula is C9H19NO2Si. The topological polar surface area (TPSA) is 63.3 Å². The van der Waals surface area contributed by atoms with Crippen molar-refractivity contribution < 1.29 is 9.90 Å². The molecule has 1 aliphatic rings. The first-order valence-corrected chi connectivity index (χ1v) is 8.14. The highest BCUT2D eigenvalue weighted by molar-refractivity contribution is 6.79. The fourth-order valence-corrected chi connectivity index (χ4v) is 6.33. The number of hydrogen-bond donors (Lipinski definition) is 2. The molecule has 0 aliphatic carbocycles. The summed E-state index contributed by atoms with van der Waals surface area (Å²) in [5.74, 6) is -0.834. The number of hydrogen-bond acceptors (Lipinski definition) is 2. The van der Waals surface area contributed by atoms with Gasteiger partial charge in [-0.2, -0.15) is 0 Å². The van der Waals surface area contributed by atoms with Crippen LogP contribution < -0.4 is 5.73 Å². The zero-order chi connectivity index (χ0) is 9.90. The number of aliphatic carboxylic acids is 1. The number of carboxylic acids is 1. The molecule has 1 heterocycles. The smallest absolute Gasteiger partial charge is 0.320 e. The summed E-state index contributed by atoms with van der Waals surface area (Å²) in [7, 11) is -1.27. The summed E-state index contributed by atoms with van der Waals surface area (Å²) in [6.45, 7) is 2.30. The molecule has 1 rings (SSSR count). The van der Waals surface area contributed by atoms with E-state index in [1.807, 2.05) is 0 Å². The first-order chi connectivity index (χ1) is 6.03. The normalized spacial score (nSPS) is 23.8. The van der Waals surface area contributed by atoms with Crippen LogP contribution >= 0.6 is 0 Å². The summed E-state index contributed by atoms with van der Waals surface area (Å²) in [6.07, 6.45) is 3.90. The Hall–Kier alpha value is -0.353. The summed E-state index contributed by atoms with van der Waals surface area (Å²) in [4.78, 5) is 10.6. The van der Waals surface area contributed by atoms with Crippen molar-refractivity contribution in [2.24, 2.45) is 5.73 Å². The molecule has 13 heavy (non-hydrogen) atoms. The maximum Gasteiger partial charge on any atom is 0.320 e. The van der Waals surface area contributed by atoms with Gasteiger partial charge in [0.2, 0.25) is 0 Å². The van der Waals surface area contributed by atoms with Crippen LogP contribution in [-0.4, -0.2) is 25.2 Å². The minimum atomic E-state index is -1.27. The Morgan fingerprint density at radius 2 is 2.00 bits per heavy atom. The van der Waals surface area contributed by atoms with E-state index < -0.39 is 20.1 Å². The molecular weight excluding hydrogens is 182 g/mol. The number of carboxylic acid groups (broad SMARTS) is 1. The second-order valence-corrected chi connectivity index (χ2v) is 9.55.